The molecule has 0 aliphatic rings. The molecule has 0 saturated carbocycles. The topological polar surface area (TPSA) is 61.0 Å². The third-order valence-corrected chi connectivity index (χ3v) is 3.75. The fourth-order valence-corrected chi connectivity index (χ4v) is 2.32. The predicted octanol–water partition coefficient (Wildman–Crippen LogP) is 4.04. The number of ether oxygens (including phenoxy) is 1. The van der Waals surface area contributed by atoms with Crippen LogP contribution in [0.2, 0.25) is 5.02 Å². The lowest BCUT2D eigenvalue weighted by molar-refractivity contribution is 0.207. The lowest BCUT2D eigenvalue weighted by Gasteiger charge is -2.12. The summed E-state index contributed by atoms with van der Waals surface area (Å²) in [4.78, 5) is 9.55. The van der Waals surface area contributed by atoms with E-state index in [1.54, 1.807) is 6.07 Å². The van der Waals surface area contributed by atoms with Crippen molar-refractivity contribution < 1.29 is 4.74 Å². The number of nitrogen functional groups attached to an aromatic ring is 1. The number of halogens is 1. The first-order valence-corrected chi connectivity index (χ1v) is 7.51. The molecule has 0 bridgehead atoms. The molecule has 2 aromatic rings. The van der Waals surface area contributed by atoms with Gasteiger partial charge in [-0.25, -0.2) is 4.98 Å². The molecule has 0 fully saturated rings. The summed E-state index contributed by atoms with van der Waals surface area (Å²) in [5, 5.41) is 1.26. The van der Waals surface area contributed by atoms with E-state index in [1.165, 1.54) is 11.8 Å². The van der Waals surface area contributed by atoms with Gasteiger partial charge in [0.1, 0.15) is 5.82 Å². The highest BCUT2D eigenvalue weighted by Gasteiger charge is 2.08. The van der Waals surface area contributed by atoms with Gasteiger partial charge in [-0.3, -0.25) is 0 Å². The van der Waals surface area contributed by atoms with Gasteiger partial charge in [0, 0.05) is 16.0 Å². The van der Waals surface area contributed by atoms with Gasteiger partial charge in [-0.15, -0.1) is 0 Å². The quantitative estimate of drug-likeness (QED) is 0.845. The molecule has 1 aromatic heterocycles. The van der Waals surface area contributed by atoms with Crippen LogP contribution in [-0.4, -0.2) is 16.1 Å². The lowest BCUT2D eigenvalue weighted by atomic mass is 10.3. The summed E-state index contributed by atoms with van der Waals surface area (Å²) in [6.07, 6.45) is 1.00. The number of hydrogen-bond donors (Lipinski definition) is 1. The van der Waals surface area contributed by atoms with E-state index in [0.29, 0.717) is 21.9 Å². The molecule has 4 nitrogen and oxygen atoms in total. The van der Waals surface area contributed by atoms with Crippen molar-refractivity contribution in [2.75, 3.05) is 5.73 Å². The third-order valence-electron chi connectivity index (χ3n) is 2.62. The lowest BCUT2D eigenvalue weighted by Crippen LogP contribution is -2.11. The van der Waals surface area contributed by atoms with Crippen molar-refractivity contribution in [3.8, 4) is 5.88 Å². The fraction of sp³-hybridized carbons (Fsp3) is 0.286. The summed E-state index contributed by atoms with van der Waals surface area (Å²) in [6, 6.07) is 9.11. The van der Waals surface area contributed by atoms with Crippen molar-refractivity contribution in [3.63, 3.8) is 0 Å². The van der Waals surface area contributed by atoms with Gasteiger partial charge in [-0.05, 0) is 49.4 Å². The number of benzene rings is 1. The molecular weight excluding hydrogens is 294 g/mol. The Balaban J connectivity index is 2.17. The van der Waals surface area contributed by atoms with Gasteiger partial charge in [-0.1, -0.05) is 18.5 Å². The Morgan fingerprint density at radius 2 is 2.00 bits per heavy atom. The van der Waals surface area contributed by atoms with E-state index in [1.807, 2.05) is 31.2 Å². The highest BCUT2D eigenvalue weighted by molar-refractivity contribution is 7.99. The van der Waals surface area contributed by atoms with Crippen LogP contribution in [0.25, 0.3) is 0 Å². The van der Waals surface area contributed by atoms with Crippen molar-refractivity contribution in [1.82, 2.24) is 9.97 Å². The maximum atomic E-state index is 5.86. The average Bonchev–Trinajstić information content (AvgIpc) is 2.40. The van der Waals surface area contributed by atoms with E-state index in [-0.39, 0.29) is 6.10 Å². The maximum Gasteiger partial charge on any atom is 0.219 e. The Kier molecular flexibility index (Phi) is 5.09. The Morgan fingerprint density at radius 1 is 1.30 bits per heavy atom. The zero-order chi connectivity index (χ0) is 14.5. The Bertz CT molecular complexity index is 577. The summed E-state index contributed by atoms with van der Waals surface area (Å²) in [5.41, 5.74) is 5.79. The molecular formula is C14H16ClN3OS. The smallest absolute Gasteiger partial charge is 0.219 e. The largest absolute Gasteiger partial charge is 0.475 e. The van der Waals surface area contributed by atoms with Crippen LogP contribution in [0.1, 0.15) is 20.3 Å². The molecule has 2 rings (SSSR count). The van der Waals surface area contributed by atoms with Gasteiger partial charge in [0.05, 0.1) is 6.10 Å². The van der Waals surface area contributed by atoms with Gasteiger partial charge in [-0.2, -0.15) is 4.98 Å². The molecule has 2 N–H and O–H groups in total. The minimum absolute atomic E-state index is 0.0951. The number of nitrogens with zero attached hydrogens (tertiary/aromatic N) is 2. The predicted molar refractivity (Wildman–Crippen MR) is 82.4 cm³/mol. The number of rotatable bonds is 5. The number of aromatic nitrogens is 2. The zero-order valence-corrected chi connectivity index (χ0v) is 12.9. The van der Waals surface area contributed by atoms with Crippen LogP contribution in [-0.2, 0) is 0 Å². The van der Waals surface area contributed by atoms with Gasteiger partial charge >= 0.3 is 0 Å². The number of nitrogens with two attached hydrogens (primary N) is 1. The second-order valence-corrected chi connectivity index (χ2v) is 5.78. The molecule has 0 radical (unpaired) electrons. The van der Waals surface area contributed by atoms with Gasteiger partial charge in [0.2, 0.25) is 5.88 Å². The third kappa shape index (κ3) is 4.28. The fourth-order valence-electron chi connectivity index (χ4n) is 1.42. The summed E-state index contributed by atoms with van der Waals surface area (Å²) in [5.74, 6) is 0.901. The van der Waals surface area contributed by atoms with Crippen LogP contribution in [0.4, 0.5) is 5.82 Å². The van der Waals surface area contributed by atoms with E-state index >= 15 is 0 Å². The van der Waals surface area contributed by atoms with Crippen LogP contribution in [0, 0.1) is 0 Å². The molecule has 1 unspecified atom stereocenters. The average molecular weight is 310 g/mol. The van der Waals surface area contributed by atoms with Crippen LogP contribution in [0.15, 0.2) is 40.4 Å². The van der Waals surface area contributed by atoms with E-state index in [9.17, 15) is 0 Å². The highest BCUT2D eigenvalue weighted by atomic mass is 35.5. The maximum absolute atomic E-state index is 5.86. The molecule has 0 aliphatic heterocycles. The van der Waals surface area contributed by atoms with E-state index in [2.05, 4.69) is 16.9 Å². The minimum Gasteiger partial charge on any atom is -0.475 e. The Hall–Kier alpha value is -1.46. The first kappa shape index (κ1) is 14.9. The van der Waals surface area contributed by atoms with Crippen LogP contribution in [0.3, 0.4) is 0 Å². The number of hydrogen-bond acceptors (Lipinski definition) is 5. The molecule has 1 heterocycles. The summed E-state index contributed by atoms with van der Waals surface area (Å²) < 4.78 is 5.68. The molecule has 106 valence electrons. The van der Waals surface area contributed by atoms with Crippen LogP contribution < -0.4 is 10.5 Å². The normalized spacial score (nSPS) is 12.2. The number of anilines is 1. The molecule has 1 atom stereocenters. The van der Waals surface area contributed by atoms with Gasteiger partial charge in [0.15, 0.2) is 5.16 Å². The monoisotopic (exact) mass is 309 g/mol. The van der Waals surface area contributed by atoms with Crippen molar-refractivity contribution in [2.24, 2.45) is 0 Å². The summed E-state index contributed by atoms with van der Waals surface area (Å²) in [6.45, 7) is 4.04. The van der Waals surface area contributed by atoms with Crippen LogP contribution in [0.5, 0.6) is 5.88 Å². The van der Waals surface area contributed by atoms with Crippen molar-refractivity contribution in [2.45, 2.75) is 36.4 Å². The molecule has 0 aliphatic carbocycles. The standard InChI is InChI=1S/C14H16ClN3OS/c1-3-9(2)19-13-8-12(16)17-14(18-13)20-11-6-4-10(15)5-7-11/h4-9H,3H2,1-2H3,(H2,16,17,18). The minimum atomic E-state index is 0.0951. The Morgan fingerprint density at radius 3 is 2.65 bits per heavy atom. The molecule has 0 saturated heterocycles. The van der Waals surface area contributed by atoms with Crippen LogP contribution >= 0.6 is 23.4 Å². The van der Waals surface area contributed by atoms with Gasteiger partial charge in [0.25, 0.3) is 0 Å². The second kappa shape index (κ2) is 6.81. The van der Waals surface area contributed by atoms with E-state index < -0.39 is 0 Å². The van der Waals surface area contributed by atoms with Gasteiger partial charge < -0.3 is 10.5 Å². The van der Waals surface area contributed by atoms with E-state index in [0.717, 1.165) is 11.3 Å². The molecule has 6 heteroatoms. The SMILES string of the molecule is CCC(C)Oc1cc(N)nc(Sc2ccc(Cl)cc2)n1. The first-order valence-electron chi connectivity index (χ1n) is 6.31. The Labute approximate surface area is 127 Å². The highest BCUT2D eigenvalue weighted by Crippen LogP contribution is 2.28. The molecule has 1 aromatic carbocycles. The molecule has 0 amide bonds. The van der Waals surface area contributed by atoms with Crippen molar-refractivity contribution in [3.05, 3.63) is 35.4 Å². The first-order chi connectivity index (χ1) is 9.56. The molecule has 20 heavy (non-hydrogen) atoms. The second-order valence-electron chi connectivity index (χ2n) is 4.31. The van der Waals surface area contributed by atoms with Crippen molar-refractivity contribution in [1.29, 1.82) is 0 Å². The van der Waals surface area contributed by atoms with Crippen molar-refractivity contribution >= 4 is 29.2 Å². The summed E-state index contributed by atoms with van der Waals surface area (Å²) >= 11 is 7.28. The molecule has 0 spiro atoms. The summed E-state index contributed by atoms with van der Waals surface area (Å²) in [7, 11) is 0. The van der Waals surface area contributed by atoms with E-state index in [4.69, 9.17) is 22.1 Å². The zero-order valence-electron chi connectivity index (χ0n) is 11.3.